The number of aliphatic carboxylic acids is 1. The zero-order valence-corrected chi connectivity index (χ0v) is 31.9. The van der Waals surface area contributed by atoms with Crippen molar-refractivity contribution in [2.45, 2.75) is 132 Å². The topological polar surface area (TPSA) is 164 Å². The van der Waals surface area contributed by atoms with Crippen LogP contribution in [0.1, 0.15) is 111 Å². The van der Waals surface area contributed by atoms with Gasteiger partial charge in [0.05, 0.1) is 6.67 Å². The molecule has 2 aliphatic carbocycles. The number of benzene rings is 2. The Hall–Kier alpha value is -4.31. The third kappa shape index (κ3) is 20.9. The molecule has 10 heteroatoms. The molecular weight excluding hydrogens is 632 g/mol. The molecule has 2 saturated carbocycles. The average Bonchev–Trinajstić information content (AvgIpc) is 3.55. The van der Waals surface area contributed by atoms with Crippen LogP contribution < -0.4 is 16.4 Å². The Morgan fingerprint density at radius 3 is 1.44 bits per heavy atom. The summed E-state index contributed by atoms with van der Waals surface area (Å²) in [4.78, 5) is 48.4. The zero-order valence-electron chi connectivity index (χ0n) is 31.9. The van der Waals surface area contributed by atoms with E-state index >= 15 is 0 Å². The fourth-order valence-corrected chi connectivity index (χ4v) is 6.18. The highest BCUT2D eigenvalue weighted by Crippen LogP contribution is 2.31. The molecule has 1 heterocycles. The second kappa shape index (κ2) is 28.5. The normalized spacial score (nSPS) is 14.7. The van der Waals surface area contributed by atoms with Crippen LogP contribution in [0.3, 0.4) is 0 Å². The summed E-state index contributed by atoms with van der Waals surface area (Å²) in [6, 6.07) is 10.1. The molecule has 0 bridgehead atoms. The number of anilines is 2. The number of nitrogens with two attached hydrogens (primary N) is 2. The highest BCUT2D eigenvalue weighted by Gasteiger charge is 2.24. The van der Waals surface area contributed by atoms with Crippen LogP contribution >= 0.6 is 0 Å². The summed E-state index contributed by atoms with van der Waals surface area (Å²) in [6.07, 6.45) is 19.3. The minimum absolute atomic E-state index is 0.194. The summed E-state index contributed by atoms with van der Waals surface area (Å²) < 4.78 is 0. The SMILES string of the molecule is C=O.CC(=O)O.CC=O.Cc1cc(C)c(N)c(C)c1.Cc1cc(C)c(N2C=CN(C3CCCCC3)C2)c(C)c1.NC1CCCCC1.O=CC=O. The average molecular weight is 697 g/mol. The largest absolute Gasteiger partial charge is 0.481 e. The number of hydrogen-bond donors (Lipinski definition) is 3. The van der Waals surface area contributed by atoms with Crippen LogP contribution in [0.5, 0.6) is 0 Å². The molecule has 0 radical (unpaired) electrons. The number of hydrogen-bond acceptors (Lipinski definition) is 9. The molecule has 1 aliphatic heterocycles. The lowest BCUT2D eigenvalue weighted by molar-refractivity contribution is -0.134. The highest BCUT2D eigenvalue weighted by molar-refractivity contribution is 6.09. The molecule has 3 aliphatic rings. The third-order valence-corrected chi connectivity index (χ3v) is 8.16. The van der Waals surface area contributed by atoms with Crippen LogP contribution in [-0.4, -0.2) is 60.4 Å². The van der Waals surface area contributed by atoms with Gasteiger partial charge in [0.2, 0.25) is 0 Å². The quantitative estimate of drug-likeness (QED) is 0.167. The molecule has 0 unspecified atom stereocenters. The van der Waals surface area contributed by atoms with E-state index in [1.165, 1.54) is 110 Å². The maximum atomic E-state index is 9.00. The predicted octanol–water partition coefficient (Wildman–Crippen LogP) is 7.46. The molecule has 2 fully saturated rings. The lowest BCUT2D eigenvalue weighted by atomic mass is 9.95. The van der Waals surface area contributed by atoms with Crippen LogP contribution in [0.4, 0.5) is 11.4 Å². The number of nitrogen functional groups attached to an aromatic ring is 1. The standard InChI is InChI=1S/C18H26N2.C9H13N.C6H13N.C2H4O2.C2H2O2.C2H4O.CH2O/c1-14-11-15(2)18(16(3)12-14)20-10-9-19(13-20)17-7-5-4-6-8-17;1-6-4-7(2)9(10)8(3)5-6;7-6-4-2-1-3-5-6;1-2(3)4;3-1-2-4;1-2-3;1-2/h9-12,17H,4-8,13H2,1-3H3;4-5H,10H2,1-3H3;6H,1-5,7H2;1H3,(H,3,4);1-2H;2H,1H3;1H2. The molecule has 280 valence electrons. The molecule has 5 rings (SSSR count). The summed E-state index contributed by atoms with van der Waals surface area (Å²) in [6.45, 7) is 18.3. The molecule has 50 heavy (non-hydrogen) atoms. The molecule has 0 spiro atoms. The van der Waals surface area contributed by atoms with Gasteiger partial charge in [0, 0.05) is 42.8 Å². The number of rotatable bonds is 3. The number of carboxylic acid groups (broad SMARTS) is 1. The van der Waals surface area contributed by atoms with Gasteiger partial charge >= 0.3 is 0 Å². The van der Waals surface area contributed by atoms with E-state index in [1.54, 1.807) is 0 Å². The Bertz CT molecular complexity index is 1240. The van der Waals surface area contributed by atoms with Gasteiger partial charge in [-0.2, -0.15) is 0 Å². The lowest BCUT2D eigenvalue weighted by Gasteiger charge is -2.33. The van der Waals surface area contributed by atoms with Gasteiger partial charge in [-0.3, -0.25) is 14.4 Å². The van der Waals surface area contributed by atoms with Crippen molar-refractivity contribution in [3.8, 4) is 0 Å². The minimum Gasteiger partial charge on any atom is -0.481 e. The van der Waals surface area contributed by atoms with Crippen molar-refractivity contribution in [1.29, 1.82) is 0 Å². The molecule has 0 aromatic heterocycles. The Kier molecular flexibility index (Phi) is 27.3. The molecule has 2 aromatic carbocycles. The maximum Gasteiger partial charge on any atom is 0.300 e. The van der Waals surface area contributed by atoms with Crippen molar-refractivity contribution in [2.75, 3.05) is 17.3 Å². The number of carbonyl (C=O) groups is 5. The fourth-order valence-electron chi connectivity index (χ4n) is 6.18. The summed E-state index contributed by atoms with van der Waals surface area (Å²) in [5.74, 6) is -0.833. The first kappa shape index (κ1) is 47.8. The van der Waals surface area contributed by atoms with Crippen LogP contribution in [0.2, 0.25) is 0 Å². The van der Waals surface area contributed by atoms with Gasteiger partial charge in [0.25, 0.3) is 5.97 Å². The lowest BCUT2D eigenvalue weighted by Crippen LogP contribution is -2.35. The number of aldehydes is 3. The molecule has 0 amide bonds. The first-order chi connectivity index (χ1) is 23.7. The van der Waals surface area contributed by atoms with Crippen molar-refractivity contribution >= 4 is 43.0 Å². The Morgan fingerprint density at radius 1 is 0.740 bits per heavy atom. The van der Waals surface area contributed by atoms with E-state index < -0.39 is 5.97 Å². The number of carbonyl (C=O) groups excluding carboxylic acids is 4. The van der Waals surface area contributed by atoms with Gasteiger partial charge in [-0.25, -0.2) is 0 Å². The van der Waals surface area contributed by atoms with Crippen molar-refractivity contribution in [3.05, 3.63) is 70.0 Å². The van der Waals surface area contributed by atoms with Gasteiger partial charge < -0.3 is 36.0 Å². The first-order valence-corrected chi connectivity index (χ1v) is 17.4. The van der Waals surface area contributed by atoms with Gasteiger partial charge in [0.15, 0.2) is 12.6 Å². The second-order valence-corrected chi connectivity index (χ2v) is 12.7. The minimum atomic E-state index is -0.833. The summed E-state index contributed by atoms with van der Waals surface area (Å²) in [5, 5.41) is 7.42. The molecule has 5 N–H and O–H groups in total. The van der Waals surface area contributed by atoms with Crippen molar-refractivity contribution in [1.82, 2.24) is 4.90 Å². The van der Waals surface area contributed by atoms with E-state index in [0.29, 0.717) is 6.04 Å². The van der Waals surface area contributed by atoms with Gasteiger partial charge in [-0.1, -0.05) is 73.9 Å². The van der Waals surface area contributed by atoms with Crippen molar-refractivity contribution < 1.29 is 29.1 Å². The smallest absolute Gasteiger partial charge is 0.300 e. The molecule has 2 aromatic rings. The van der Waals surface area contributed by atoms with E-state index in [0.717, 1.165) is 31.6 Å². The number of nitrogens with zero attached hydrogens (tertiary/aromatic N) is 2. The summed E-state index contributed by atoms with van der Waals surface area (Å²) in [5.41, 5.74) is 21.5. The second-order valence-electron chi connectivity index (χ2n) is 12.7. The van der Waals surface area contributed by atoms with Crippen LogP contribution in [0.25, 0.3) is 0 Å². The third-order valence-electron chi connectivity index (χ3n) is 8.16. The van der Waals surface area contributed by atoms with Crippen LogP contribution in [0.15, 0.2) is 36.7 Å². The molecule has 0 atom stereocenters. The van der Waals surface area contributed by atoms with Crippen molar-refractivity contribution in [2.24, 2.45) is 5.73 Å². The van der Waals surface area contributed by atoms with Gasteiger partial charge in [-0.05, 0) is 96.4 Å². The summed E-state index contributed by atoms with van der Waals surface area (Å²) in [7, 11) is 0. The Balaban J connectivity index is 0. The fraction of sp³-hybridized carbons (Fsp3) is 0.525. The molecular formula is C40H64N4O6. The number of carboxylic acids is 1. The van der Waals surface area contributed by atoms with E-state index in [-0.39, 0.29) is 12.6 Å². The van der Waals surface area contributed by atoms with E-state index in [9.17, 15) is 0 Å². The van der Waals surface area contributed by atoms with E-state index in [4.69, 9.17) is 40.5 Å². The van der Waals surface area contributed by atoms with Crippen LogP contribution in [-0.2, 0) is 24.0 Å². The maximum absolute atomic E-state index is 9.00. The summed E-state index contributed by atoms with van der Waals surface area (Å²) >= 11 is 0. The van der Waals surface area contributed by atoms with Gasteiger partial charge in [0.1, 0.15) is 13.1 Å². The van der Waals surface area contributed by atoms with Gasteiger partial charge in [-0.15, -0.1) is 0 Å². The predicted molar refractivity (Wildman–Crippen MR) is 206 cm³/mol. The number of aryl methyl sites for hydroxylation is 6. The molecule has 0 saturated heterocycles. The zero-order chi connectivity index (χ0) is 38.6. The Morgan fingerprint density at radius 2 is 1.10 bits per heavy atom. The van der Waals surface area contributed by atoms with Crippen molar-refractivity contribution in [3.63, 3.8) is 0 Å². The van der Waals surface area contributed by atoms with E-state index in [1.807, 2.05) is 20.6 Å². The monoisotopic (exact) mass is 696 g/mol. The highest BCUT2D eigenvalue weighted by atomic mass is 16.4. The molecule has 10 nitrogen and oxygen atoms in total. The van der Waals surface area contributed by atoms with Crippen LogP contribution in [0, 0.1) is 41.5 Å². The first-order valence-electron chi connectivity index (χ1n) is 17.4. The Labute approximate surface area is 301 Å². The van der Waals surface area contributed by atoms with E-state index in [2.05, 4.69) is 74.2 Å².